The van der Waals surface area contributed by atoms with Crippen molar-refractivity contribution in [2.75, 3.05) is 6.54 Å². The van der Waals surface area contributed by atoms with Gasteiger partial charge in [-0.15, -0.1) is 0 Å². The first-order valence-corrected chi connectivity index (χ1v) is 7.44. The van der Waals surface area contributed by atoms with E-state index in [0.29, 0.717) is 19.4 Å². The fraction of sp³-hybridized carbons (Fsp3) is 0.714. The number of primary amides is 1. The Kier molecular flexibility index (Phi) is 10.4. The molecule has 0 bridgehead atoms. The fourth-order valence-electron chi connectivity index (χ4n) is 1.75. The summed E-state index contributed by atoms with van der Waals surface area (Å²) in [6.45, 7) is 2.35. The molecule has 8 heteroatoms. The molecule has 0 radical (unpaired) electrons. The summed E-state index contributed by atoms with van der Waals surface area (Å²) in [6.07, 6.45) is 2.69. The average Bonchev–Trinajstić information content (AvgIpc) is 2.46. The lowest BCUT2D eigenvalue weighted by molar-refractivity contribution is -0.142. The molecule has 0 aliphatic heterocycles. The van der Waals surface area contributed by atoms with Crippen molar-refractivity contribution < 1.29 is 24.3 Å². The molecule has 0 aromatic heterocycles. The number of carboxylic acid groups (broad SMARTS) is 1. The second kappa shape index (κ2) is 11.5. The number of nitrogens with two attached hydrogens (primary N) is 1. The molecule has 0 heterocycles. The number of rotatable bonds is 12. The van der Waals surface area contributed by atoms with Gasteiger partial charge in [-0.3, -0.25) is 14.4 Å². The number of amides is 3. The van der Waals surface area contributed by atoms with Crippen molar-refractivity contribution in [3.63, 3.8) is 0 Å². The van der Waals surface area contributed by atoms with Gasteiger partial charge in [0.25, 0.3) is 0 Å². The number of hydrogen-bond donors (Lipinski definition) is 4. The third kappa shape index (κ3) is 10.6. The molecule has 0 fully saturated rings. The summed E-state index contributed by atoms with van der Waals surface area (Å²) in [7, 11) is 0. The zero-order valence-electron chi connectivity index (χ0n) is 12.9. The van der Waals surface area contributed by atoms with Crippen LogP contribution >= 0.6 is 0 Å². The molecule has 0 saturated carbocycles. The topological polar surface area (TPSA) is 139 Å². The molecule has 0 spiro atoms. The summed E-state index contributed by atoms with van der Waals surface area (Å²) in [6, 6.07) is -1.09. The highest BCUT2D eigenvalue weighted by atomic mass is 16.4. The summed E-state index contributed by atoms with van der Waals surface area (Å²) < 4.78 is 0. The molecule has 0 aromatic rings. The minimum Gasteiger partial charge on any atom is -0.480 e. The summed E-state index contributed by atoms with van der Waals surface area (Å²) in [5.41, 5.74) is 4.96. The van der Waals surface area contributed by atoms with Gasteiger partial charge in [0.05, 0.1) is 0 Å². The van der Waals surface area contributed by atoms with Crippen molar-refractivity contribution in [3.8, 4) is 0 Å². The van der Waals surface area contributed by atoms with Crippen LogP contribution in [0.4, 0.5) is 0 Å². The maximum absolute atomic E-state index is 11.6. The Bertz CT molecular complexity index is 398. The zero-order chi connectivity index (χ0) is 17.0. The van der Waals surface area contributed by atoms with Gasteiger partial charge in [-0.2, -0.15) is 0 Å². The monoisotopic (exact) mass is 315 g/mol. The molecule has 126 valence electrons. The highest BCUT2D eigenvalue weighted by molar-refractivity contribution is 5.84. The number of aliphatic carboxylic acids is 1. The van der Waals surface area contributed by atoms with E-state index in [9.17, 15) is 19.2 Å². The predicted octanol–water partition coefficient (Wildman–Crippen LogP) is -0.0921. The fourth-order valence-corrected chi connectivity index (χ4v) is 1.75. The van der Waals surface area contributed by atoms with Crippen LogP contribution in [0.3, 0.4) is 0 Å². The molecule has 8 nitrogen and oxygen atoms in total. The Morgan fingerprint density at radius 2 is 1.73 bits per heavy atom. The maximum atomic E-state index is 11.6. The third-order valence-corrected chi connectivity index (χ3v) is 3.04. The molecule has 1 atom stereocenters. The zero-order valence-corrected chi connectivity index (χ0v) is 12.9. The van der Waals surface area contributed by atoms with Gasteiger partial charge in [-0.05, 0) is 19.3 Å². The molecule has 5 N–H and O–H groups in total. The Balaban J connectivity index is 3.83. The van der Waals surface area contributed by atoms with Crippen LogP contribution in [0.25, 0.3) is 0 Å². The SMILES string of the molecule is CCC(=O)NCCCCCC(=O)N[C@@H](CCC(N)=O)C(=O)O. The highest BCUT2D eigenvalue weighted by Gasteiger charge is 2.20. The second-order valence-electron chi connectivity index (χ2n) is 4.98. The molecule has 3 amide bonds. The number of carbonyl (C=O) groups excluding carboxylic acids is 3. The molecule has 0 saturated heterocycles. The summed E-state index contributed by atoms with van der Waals surface area (Å²) in [5, 5.41) is 14.1. The first-order valence-electron chi connectivity index (χ1n) is 7.44. The molecular formula is C14H25N3O5. The smallest absolute Gasteiger partial charge is 0.326 e. The van der Waals surface area contributed by atoms with Crippen molar-refractivity contribution in [3.05, 3.63) is 0 Å². The van der Waals surface area contributed by atoms with Crippen LogP contribution in [0.15, 0.2) is 0 Å². The molecule has 22 heavy (non-hydrogen) atoms. The van der Waals surface area contributed by atoms with E-state index in [1.165, 1.54) is 0 Å². The molecule has 0 rings (SSSR count). The molecule has 0 unspecified atom stereocenters. The van der Waals surface area contributed by atoms with E-state index in [0.717, 1.165) is 12.8 Å². The van der Waals surface area contributed by atoms with E-state index in [2.05, 4.69) is 10.6 Å². The van der Waals surface area contributed by atoms with E-state index in [-0.39, 0.29) is 31.1 Å². The van der Waals surface area contributed by atoms with E-state index in [4.69, 9.17) is 10.8 Å². The highest BCUT2D eigenvalue weighted by Crippen LogP contribution is 2.02. The summed E-state index contributed by atoms with van der Waals surface area (Å²) in [4.78, 5) is 44.2. The summed E-state index contributed by atoms with van der Waals surface area (Å²) >= 11 is 0. The molecular weight excluding hydrogens is 290 g/mol. The second-order valence-corrected chi connectivity index (χ2v) is 4.98. The van der Waals surface area contributed by atoms with Crippen LogP contribution < -0.4 is 16.4 Å². The number of nitrogens with one attached hydrogen (secondary N) is 2. The van der Waals surface area contributed by atoms with Crippen LogP contribution in [-0.2, 0) is 19.2 Å². The third-order valence-electron chi connectivity index (χ3n) is 3.04. The van der Waals surface area contributed by atoms with Crippen molar-refractivity contribution >= 4 is 23.7 Å². The molecule has 0 aliphatic rings. The molecule has 0 aliphatic carbocycles. The van der Waals surface area contributed by atoms with Crippen LogP contribution in [0.1, 0.15) is 51.9 Å². The van der Waals surface area contributed by atoms with Crippen molar-refractivity contribution in [2.24, 2.45) is 5.73 Å². The minimum atomic E-state index is -1.18. The van der Waals surface area contributed by atoms with Crippen molar-refractivity contribution in [1.29, 1.82) is 0 Å². The number of hydrogen-bond acceptors (Lipinski definition) is 4. The quantitative estimate of drug-likeness (QED) is 0.373. The standard InChI is InChI=1S/C14H25N3O5/c1-2-12(19)16-9-5-3-4-6-13(20)17-10(14(21)22)7-8-11(15)18/h10H,2-9H2,1H3,(H2,15,18)(H,16,19)(H,17,20)(H,21,22)/t10-/m0/s1. The lowest BCUT2D eigenvalue weighted by Crippen LogP contribution is -2.41. The van der Waals surface area contributed by atoms with Crippen LogP contribution in [0, 0.1) is 0 Å². The Morgan fingerprint density at radius 1 is 1.05 bits per heavy atom. The Labute approximate surface area is 129 Å². The first kappa shape index (κ1) is 19.9. The van der Waals surface area contributed by atoms with E-state index < -0.39 is 17.9 Å². The van der Waals surface area contributed by atoms with Gasteiger partial charge in [0, 0.05) is 25.8 Å². The minimum absolute atomic E-state index is 0.00325. The lowest BCUT2D eigenvalue weighted by Gasteiger charge is -2.13. The van der Waals surface area contributed by atoms with Crippen LogP contribution in [-0.4, -0.2) is 41.4 Å². The lowest BCUT2D eigenvalue weighted by atomic mass is 10.1. The van der Waals surface area contributed by atoms with Crippen LogP contribution in [0.2, 0.25) is 0 Å². The van der Waals surface area contributed by atoms with Crippen molar-refractivity contribution in [2.45, 2.75) is 57.9 Å². The van der Waals surface area contributed by atoms with Gasteiger partial charge in [-0.1, -0.05) is 13.3 Å². The number of carboxylic acids is 1. The largest absolute Gasteiger partial charge is 0.480 e. The maximum Gasteiger partial charge on any atom is 0.326 e. The van der Waals surface area contributed by atoms with Gasteiger partial charge in [0.2, 0.25) is 17.7 Å². The van der Waals surface area contributed by atoms with Crippen molar-refractivity contribution in [1.82, 2.24) is 10.6 Å². The molecule has 0 aromatic carbocycles. The van der Waals surface area contributed by atoms with E-state index in [1.54, 1.807) is 6.92 Å². The van der Waals surface area contributed by atoms with Gasteiger partial charge in [-0.25, -0.2) is 4.79 Å². The number of unbranched alkanes of at least 4 members (excludes halogenated alkanes) is 2. The Hall–Kier alpha value is -2.12. The first-order chi connectivity index (χ1) is 10.4. The number of carbonyl (C=O) groups is 4. The van der Waals surface area contributed by atoms with Gasteiger partial charge < -0.3 is 21.5 Å². The van der Waals surface area contributed by atoms with E-state index >= 15 is 0 Å². The average molecular weight is 315 g/mol. The normalized spacial score (nSPS) is 11.5. The van der Waals surface area contributed by atoms with E-state index in [1.807, 2.05) is 0 Å². The van der Waals surface area contributed by atoms with Crippen LogP contribution in [0.5, 0.6) is 0 Å². The van der Waals surface area contributed by atoms with Gasteiger partial charge in [0.15, 0.2) is 0 Å². The predicted molar refractivity (Wildman–Crippen MR) is 79.8 cm³/mol. The van der Waals surface area contributed by atoms with Gasteiger partial charge in [0.1, 0.15) is 6.04 Å². The van der Waals surface area contributed by atoms with Gasteiger partial charge >= 0.3 is 5.97 Å². The summed E-state index contributed by atoms with van der Waals surface area (Å²) in [5.74, 6) is -2.16. The Morgan fingerprint density at radius 3 is 2.27 bits per heavy atom.